The van der Waals surface area contributed by atoms with E-state index in [-0.39, 0.29) is 0 Å². The van der Waals surface area contributed by atoms with Crippen molar-refractivity contribution >= 4 is 11.3 Å². The fourth-order valence-electron chi connectivity index (χ4n) is 1.86. The maximum absolute atomic E-state index is 3.38. The standard InChI is InChI=1S/C13H16N/c1-10(2)9-11-7-8-14-13-6-4-3-5-12(11)13/h3-7,14H,8-9H2,1-2H3. The number of allylic oxidation sites excluding steroid dienone is 1. The van der Waals surface area contributed by atoms with Crippen LogP contribution in [0.25, 0.3) is 5.57 Å². The van der Waals surface area contributed by atoms with Crippen LogP contribution in [0, 0.1) is 5.92 Å². The molecule has 0 saturated carbocycles. The minimum absolute atomic E-state index is 0.958. The summed E-state index contributed by atoms with van der Waals surface area (Å²) >= 11 is 0. The molecule has 1 nitrogen and oxygen atoms in total. The number of anilines is 1. The molecule has 0 unspecified atom stereocenters. The summed E-state index contributed by atoms with van der Waals surface area (Å²) in [6.07, 6.45) is 3.38. The molecule has 1 aliphatic rings. The highest BCUT2D eigenvalue weighted by Crippen LogP contribution is 2.31. The van der Waals surface area contributed by atoms with Gasteiger partial charge in [-0.2, -0.15) is 0 Å². The molecule has 0 aliphatic carbocycles. The molecule has 1 radical (unpaired) electrons. The second-order valence-electron chi connectivity index (χ2n) is 4.04. The lowest BCUT2D eigenvalue weighted by molar-refractivity contribution is 0.997. The van der Waals surface area contributed by atoms with Gasteiger partial charge in [0, 0.05) is 17.8 Å². The zero-order chi connectivity index (χ0) is 9.97. The predicted octanol–water partition coefficient (Wildman–Crippen LogP) is 3.50. The van der Waals surface area contributed by atoms with Gasteiger partial charge in [0.25, 0.3) is 0 Å². The summed E-state index contributed by atoms with van der Waals surface area (Å²) in [7, 11) is 0. The van der Waals surface area contributed by atoms with Crippen molar-refractivity contribution in [2.75, 3.05) is 11.9 Å². The normalized spacial score (nSPS) is 14.6. The van der Waals surface area contributed by atoms with Crippen molar-refractivity contribution in [1.82, 2.24) is 0 Å². The highest BCUT2D eigenvalue weighted by molar-refractivity contribution is 5.79. The van der Waals surface area contributed by atoms with Gasteiger partial charge in [-0.3, -0.25) is 0 Å². The Labute approximate surface area is 85.8 Å². The molecule has 1 aromatic rings. The third kappa shape index (κ3) is 1.82. The van der Waals surface area contributed by atoms with E-state index in [1.165, 1.54) is 22.7 Å². The zero-order valence-corrected chi connectivity index (χ0v) is 8.80. The lowest BCUT2D eigenvalue weighted by Crippen LogP contribution is -2.08. The largest absolute Gasteiger partial charge is 0.381 e. The van der Waals surface area contributed by atoms with E-state index >= 15 is 0 Å². The summed E-state index contributed by atoms with van der Waals surface area (Å²) in [4.78, 5) is 0. The van der Waals surface area contributed by atoms with Crippen molar-refractivity contribution < 1.29 is 0 Å². The van der Waals surface area contributed by atoms with E-state index in [0.29, 0.717) is 0 Å². The molecule has 14 heavy (non-hydrogen) atoms. The molecule has 0 fully saturated rings. The first-order chi connectivity index (χ1) is 6.77. The van der Waals surface area contributed by atoms with Crippen LogP contribution in [0.5, 0.6) is 0 Å². The molecule has 1 aliphatic heterocycles. The molecule has 0 aromatic heterocycles. The first-order valence-corrected chi connectivity index (χ1v) is 5.08. The molecule has 0 spiro atoms. The van der Waals surface area contributed by atoms with E-state index in [9.17, 15) is 0 Å². The minimum atomic E-state index is 0.958. The van der Waals surface area contributed by atoms with Gasteiger partial charge in [-0.15, -0.1) is 0 Å². The van der Waals surface area contributed by atoms with Gasteiger partial charge in [0.15, 0.2) is 0 Å². The second kappa shape index (κ2) is 3.87. The summed E-state index contributed by atoms with van der Waals surface area (Å²) in [6.45, 7) is 5.33. The molecule has 73 valence electrons. The molecule has 1 heteroatoms. The predicted molar refractivity (Wildman–Crippen MR) is 62.1 cm³/mol. The molecular formula is C13H16N. The van der Waals surface area contributed by atoms with Gasteiger partial charge < -0.3 is 5.32 Å². The van der Waals surface area contributed by atoms with Crippen molar-refractivity contribution in [2.45, 2.75) is 20.3 Å². The fourth-order valence-corrected chi connectivity index (χ4v) is 1.86. The van der Waals surface area contributed by atoms with E-state index in [2.05, 4.69) is 49.5 Å². The maximum Gasteiger partial charge on any atom is 0.0418 e. The number of nitrogens with one attached hydrogen (secondary N) is 1. The summed E-state index contributed by atoms with van der Waals surface area (Å²) in [6, 6.07) is 8.52. The third-order valence-electron chi connectivity index (χ3n) is 2.46. The van der Waals surface area contributed by atoms with E-state index in [4.69, 9.17) is 0 Å². The Balaban J connectivity index is 2.31. The van der Waals surface area contributed by atoms with Gasteiger partial charge in [-0.1, -0.05) is 38.1 Å². The van der Waals surface area contributed by atoms with Crippen molar-refractivity contribution in [1.29, 1.82) is 0 Å². The van der Waals surface area contributed by atoms with E-state index in [1.54, 1.807) is 0 Å². The Morgan fingerprint density at radius 3 is 2.86 bits per heavy atom. The van der Waals surface area contributed by atoms with Crippen molar-refractivity contribution in [3.8, 4) is 0 Å². The van der Waals surface area contributed by atoms with Crippen LogP contribution in [-0.2, 0) is 0 Å². The number of fused-ring (bicyclic) bond motifs is 1. The van der Waals surface area contributed by atoms with Crippen LogP contribution in [0.1, 0.15) is 25.8 Å². The van der Waals surface area contributed by atoms with Crippen LogP contribution in [-0.4, -0.2) is 6.54 Å². The van der Waals surface area contributed by atoms with Gasteiger partial charge in [-0.05, 0) is 24.0 Å². The number of hydrogen-bond acceptors (Lipinski definition) is 1. The number of hydrogen-bond donors (Lipinski definition) is 1. The lowest BCUT2D eigenvalue weighted by Gasteiger charge is -2.20. The summed E-state index contributed by atoms with van der Waals surface area (Å²) < 4.78 is 0. The van der Waals surface area contributed by atoms with Gasteiger partial charge in [0.05, 0.1) is 0 Å². The van der Waals surface area contributed by atoms with Crippen LogP contribution in [0.15, 0.2) is 30.3 Å². The molecule has 2 rings (SSSR count). The number of benzene rings is 1. The highest BCUT2D eigenvalue weighted by Gasteiger charge is 2.11. The minimum Gasteiger partial charge on any atom is -0.381 e. The third-order valence-corrected chi connectivity index (χ3v) is 2.46. The SMILES string of the molecule is C[C](C)CC1=CCNc2ccccc21. The van der Waals surface area contributed by atoms with Crippen molar-refractivity contribution in [2.24, 2.45) is 0 Å². The van der Waals surface area contributed by atoms with Crippen LogP contribution >= 0.6 is 0 Å². The molecule has 0 atom stereocenters. The number of rotatable bonds is 2. The first-order valence-electron chi connectivity index (χ1n) is 5.08. The van der Waals surface area contributed by atoms with Crippen molar-refractivity contribution in [3.63, 3.8) is 0 Å². The fraction of sp³-hybridized carbons (Fsp3) is 0.308. The lowest BCUT2D eigenvalue weighted by atomic mass is 9.93. The van der Waals surface area contributed by atoms with Gasteiger partial charge in [0.1, 0.15) is 0 Å². The smallest absolute Gasteiger partial charge is 0.0418 e. The molecule has 1 N–H and O–H groups in total. The van der Waals surface area contributed by atoms with E-state index in [0.717, 1.165) is 13.0 Å². The first kappa shape index (κ1) is 9.32. The van der Waals surface area contributed by atoms with Gasteiger partial charge in [-0.25, -0.2) is 0 Å². The Morgan fingerprint density at radius 2 is 2.07 bits per heavy atom. The summed E-state index contributed by atoms with van der Waals surface area (Å²) in [5.41, 5.74) is 4.09. The summed E-state index contributed by atoms with van der Waals surface area (Å²) in [5.74, 6) is 1.47. The molecule has 1 aromatic carbocycles. The Morgan fingerprint density at radius 1 is 1.29 bits per heavy atom. The molecule has 0 amide bonds. The molecule has 0 bridgehead atoms. The zero-order valence-electron chi connectivity index (χ0n) is 8.80. The van der Waals surface area contributed by atoms with Gasteiger partial charge >= 0.3 is 0 Å². The van der Waals surface area contributed by atoms with E-state index < -0.39 is 0 Å². The second-order valence-corrected chi connectivity index (χ2v) is 4.04. The average molecular weight is 186 g/mol. The molecule has 0 saturated heterocycles. The van der Waals surface area contributed by atoms with Crippen molar-refractivity contribution in [3.05, 3.63) is 41.8 Å². The Hall–Kier alpha value is -1.24. The molecular weight excluding hydrogens is 170 g/mol. The van der Waals surface area contributed by atoms with Crippen LogP contribution < -0.4 is 5.32 Å². The Bertz CT molecular complexity index is 350. The average Bonchev–Trinajstić information content (AvgIpc) is 2.18. The van der Waals surface area contributed by atoms with Crippen LogP contribution in [0.4, 0.5) is 5.69 Å². The quantitative estimate of drug-likeness (QED) is 0.745. The highest BCUT2D eigenvalue weighted by atomic mass is 14.9. The topological polar surface area (TPSA) is 12.0 Å². The monoisotopic (exact) mass is 186 g/mol. The maximum atomic E-state index is 3.38. The van der Waals surface area contributed by atoms with E-state index in [1.807, 2.05) is 0 Å². The Kier molecular flexibility index (Phi) is 2.58. The van der Waals surface area contributed by atoms with Crippen LogP contribution in [0.3, 0.4) is 0 Å². The molecule has 1 heterocycles. The number of para-hydroxylation sites is 1. The van der Waals surface area contributed by atoms with Crippen LogP contribution in [0.2, 0.25) is 0 Å². The summed E-state index contributed by atoms with van der Waals surface area (Å²) in [5, 5.41) is 3.38. The van der Waals surface area contributed by atoms with Gasteiger partial charge in [0.2, 0.25) is 0 Å².